The average Bonchev–Trinajstić information content (AvgIpc) is 2.74. The topological polar surface area (TPSA) is 12.0 Å². The largest absolute Gasteiger partial charge is 0.314 e. The smallest absolute Gasteiger partial charge is 0.0110 e. The predicted octanol–water partition coefficient (Wildman–Crippen LogP) is 4.01. The molecule has 2 atom stereocenters. The fourth-order valence-corrected chi connectivity index (χ4v) is 3.84. The summed E-state index contributed by atoms with van der Waals surface area (Å²) in [6.07, 6.45) is 5.29. The molecule has 1 saturated carbocycles. The Morgan fingerprint density at radius 1 is 1.35 bits per heavy atom. The van der Waals surface area contributed by atoms with Crippen molar-refractivity contribution in [2.24, 2.45) is 0 Å². The molecule has 1 fully saturated rings. The van der Waals surface area contributed by atoms with Crippen LogP contribution in [0, 0.1) is 6.92 Å². The van der Waals surface area contributed by atoms with E-state index in [2.05, 4.69) is 55.2 Å². The van der Waals surface area contributed by atoms with E-state index >= 15 is 0 Å². The van der Waals surface area contributed by atoms with Crippen LogP contribution in [0.15, 0.2) is 29.2 Å². The minimum atomic E-state index is 0.761. The molecule has 17 heavy (non-hydrogen) atoms. The Morgan fingerprint density at radius 3 is 3.00 bits per heavy atom. The normalized spacial score (nSPS) is 24.1. The standard InChI is InChI=1S/C15H23NS/c1-3-9-16-13-7-8-15(11-13)17-14-6-4-5-12(2)10-14/h4-6,10,13,15-16H,3,7-9,11H2,1-2H3. The van der Waals surface area contributed by atoms with E-state index in [9.17, 15) is 0 Å². The molecule has 1 aromatic carbocycles. The number of thioether (sulfide) groups is 1. The second-order valence-corrected chi connectivity index (χ2v) is 6.39. The van der Waals surface area contributed by atoms with Gasteiger partial charge < -0.3 is 5.32 Å². The third-order valence-corrected chi connectivity index (χ3v) is 4.65. The maximum absolute atomic E-state index is 3.65. The molecule has 0 heterocycles. The van der Waals surface area contributed by atoms with E-state index in [1.54, 1.807) is 0 Å². The molecule has 2 unspecified atom stereocenters. The Balaban J connectivity index is 1.81. The number of benzene rings is 1. The van der Waals surface area contributed by atoms with Gasteiger partial charge in [-0.1, -0.05) is 24.6 Å². The molecule has 1 aliphatic rings. The van der Waals surface area contributed by atoms with Gasteiger partial charge in [0.15, 0.2) is 0 Å². The molecule has 94 valence electrons. The van der Waals surface area contributed by atoms with Crippen molar-refractivity contribution >= 4 is 11.8 Å². The highest BCUT2D eigenvalue weighted by atomic mass is 32.2. The highest BCUT2D eigenvalue weighted by Crippen LogP contribution is 2.35. The van der Waals surface area contributed by atoms with Crippen LogP contribution < -0.4 is 5.32 Å². The quantitative estimate of drug-likeness (QED) is 0.846. The molecule has 0 bridgehead atoms. The van der Waals surface area contributed by atoms with Crippen LogP contribution >= 0.6 is 11.8 Å². The third-order valence-electron chi connectivity index (χ3n) is 3.36. The van der Waals surface area contributed by atoms with Gasteiger partial charge in [-0.05, 0) is 51.3 Å². The molecule has 0 radical (unpaired) electrons. The fourth-order valence-electron chi connectivity index (χ4n) is 2.46. The molecule has 1 aliphatic carbocycles. The molecule has 2 heteroatoms. The van der Waals surface area contributed by atoms with Gasteiger partial charge >= 0.3 is 0 Å². The molecular formula is C15H23NS. The summed E-state index contributed by atoms with van der Waals surface area (Å²) >= 11 is 2.06. The van der Waals surface area contributed by atoms with Crippen LogP contribution in [0.4, 0.5) is 0 Å². The van der Waals surface area contributed by atoms with Gasteiger partial charge in [-0.15, -0.1) is 11.8 Å². The Bertz CT molecular complexity index is 351. The van der Waals surface area contributed by atoms with Crippen LogP contribution in [0.1, 0.15) is 38.2 Å². The number of hydrogen-bond donors (Lipinski definition) is 1. The van der Waals surface area contributed by atoms with Crippen LogP contribution in [0.2, 0.25) is 0 Å². The van der Waals surface area contributed by atoms with Gasteiger partial charge in [-0.2, -0.15) is 0 Å². The van der Waals surface area contributed by atoms with Gasteiger partial charge in [0.1, 0.15) is 0 Å². The Kier molecular flexibility index (Phi) is 4.93. The molecule has 0 spiro atoms. The van der Waals surface area contributed by atoms with Crippen LogP contribution in [-0.2, 0) is 0 Å². The molecule has 0 aromatic heterocycles. The lowest BCUT2D eigenvalue weighted by atomic mass is 10.2. The first-order valence-corrected chi connectivity index (χ1v) is 7.62. The Labute approximate surface area is 109 Å². The van der Waals surface area contributed by atoms with E-state index < -0.39 is 0 Å². The van der Waals surface area contributed by atoms with Gasteiger partial charge in [-0.25, -0.2) is 0 Å². The van der Waals surface area contributed by atoms with Gasteiger partial charge in [0.2, 0.25) is 0 Å². The van der Waals surface area contributed by atoms with Gasteiger partial charge in [0.05, 0.1) is 0 Å². The second-order valence-electron chi connectivity index (χ2n) is 5.02. The van der Waals surface area contributed by atoms with Crippen molar-refractivity contribution in [1.82, 2.24) is 5.32 Å². The summed E-state index contributed by atoms with van der Waals surface area (Å²) in [5.41, 5.74) is 1.37. The highest BCUT2D eigenvalue weighted by molar-refractivity contribution is 8.00. The summed E-state index contributed by atoms with van der Waals surface area (Å²) in [5, 5.41) is 4.46. The maximum atomic E-state index is 3.65. The Morgan fingerprint density at radius 2 is 2.24 bits per heavy atom. The molecule has 0 saturated heterocycles. The van der Waals surface area contributed by atoms with E-state index in [1.807, 2.05) is 0 Å². The summed E-state index contributed by atoms with van der Waals surface area (Å²) < 4.78 is 0. The average molecular weight is 249 g/mol. The Hall–Kier alpha value is -0.470. The first kappa shape index (κ1) is 13.0. The summed E-state index contributed by atoms with van der Waals surface area (Å²) in [4.78, 5) is 1.44. The van der Waals surface area contributed by atoms with E-state index in [4.69, 9.17) is 0 Å². The molecule has 0 aliphatic heterocycles. The molecular weight excluding hydrogens is 226 g/mol. The zero-order chi connectivity index (χ0) is 12.1. The van der Waals surface area contributed by atoms with Crippen molar-refractivity contribution in [1.29, 1.82) is 0 Å². The van der Waals surface area contributed by atoms with Gasteiger partial charge in [-0.3, -0.25) is 0 Å². The summed E-state index contributed by atoms with van der Waals surface area (Å²) in [6, 6.07) is 9.64. The third kappa shape index (κ3) is 4.04. The second kappa shape index (κ2) is 6.46. The number of aryl methyl sites for hydroxylation is 1. The fraction of sp³-hybridized carbons (Fsp3) is 0.600. The maximum Gasteiger partial charge on any atom is 0.0110 e. The number of nitrogens with one attached hydrogen (secondary N) is 1. The van der Waals surface area contributed by atoms with Crippen molar-refractivity contribution in [2.75, 3.05) is 6.54 Å². The summed E-state index contributed by atoms with van der Waals surface area (Å²) in [7, 11) is 0. The first-order valence-electron chi connectivity index (χ1n) is 6.74. The van der Waals surface area contributed by atoms with Crippen LogP contribution in [0.5, 0.6) is 0 Å². The zero-order valence-electron chi connectivity index (χ0n) is 10.9. The predicted molar refractivity (Wildman–Crippen MR) is 76.8 cm³/mol. The molecule has 1 aromatic rings. The number of rotatable bonds is 5. The van der Waals surface area contributed by atoms with Crippen molar-refractivity contribution in [3.05, 3.63) is 29.8 Å². The molecule has 0 amide bonds. The van der Waals surface area contributed by atoms with Crippen LogP contribution in [0.3, 0.4) is 0 Å². The van der Waals surface area contributed by atoms with Crippen LogP contribution in [0.25, 0.3) is 0 Å². The first-order chi connectivity index (χ1) is 8.28. The van der Waals surface area contributed by atoms with Crippen LogP contribution in [-0.4, -0.2) is 17.8 Å². The minimum absolute atomic E-state index is 0.761. The highest BCUT2D eigenvalue weighted by Gasteiger charge is 2.24. The van der Waals surface area contributed by atoms with E-state index in [-0.39, 0.29) is 0 Å². The summed E-state index contributed by atoms with van der Waals surface area (Å²) in [6.45, 7) is 5.58. The lowest BCUT2D eigenvalue weighted by Gasteiger charge is -2.12. The lowest BCUT2D eigenvalue weighted by Crippen LogP contribution is -2.27. The van der Waals surface area contributed by atoms with Gasteiger partial charge in [0, 0.05) is 16.2 Å². The van der Waals surface area contributed by atoms with Crippen molar-refractivity contribution in [3.63, 3.8) is 0 Å². The zero-order valence-corrected chi connectivity index (χ0v) is 11.7. The minimum Gasteiger partial charge on any atom is -0.314 e. The molecule has 1 nitrogen and oxygen atoms in total. The van der Waals surface area contributed by atoms with Crippen molar-refractivity contribution in [2.45, 2.75) is 55.7 Å². The van der Waals surface area contributed by atoms with E-state index in [0.29, 0.717) is 0 Å². The van der Waals surface area contributed by atoms with E-state index in [0.717, 1.165) is 11.3 Å². The monoisotopic (exact) mass is 249 g/mol. The van der Waals surface area contributed by atoms with Crippen molar-refractivity contribution in [3.8, 4) is 0 Å². The van der Waals surface area contributed by atoms with Gasteiger partial charge in [0.25, 0.3) is 0 Å². The molecule has 1 N–H and O–H groups in total. The molecule has 2 rings (SSSR count). The number of hydrogen-bond acceptors (Lipinski definition) is 2. The summed E-state index contributed by atoms with van der Waals surface area (Å²) in [5.74, 6) is 0. The van der Waals surface area contributed by atoms with E-state index in [1.165, 1.54) is 42.7 Å². The van der Waals surface area contributed by atoms with Crippen molar-refractivity contribution < 1.29 is 0 Å². The lowest BCUT2D eigenvalue weighted by molar-refractivity contribution is 0.524. The SMILES string of the molecule is CCCNC1CCC(Sc2cccc(C)c2)C1.